The number of hydrogen-bond donors (Lipinski definition) is 2. The van der Waals surface area contributed by atoms with Gasteiger partial charge in [0, 0.05) is 12.6 Å². The molecule has 0 bridgehead atoms. The maximum atomic E-state index is 11.1. The standard InChI is InChI=1S/C17H25NO3/c1-13-5-4-6-14(10-9-13)18-11-12-21-16-8-3-2-7-15(16)17(19)20/h2-3,7-8,13-14,18H,4-6,9-12H2,1H3,(H,19,20). The van der Waals surface area contributed by atoms with Crippen LogP contribution in [0.3, 0.4) is 0 Å². The van der Waals surface area contributed by atoms with Crippen LogP contribution in [0.2, 0.25) is 0 Å². The number of aromatic carboxylic acids is 1. The maximum Gasteiger partial charge on any atom is 0.339 e. The van der Waals surface area contributed by atoms with Gasteiger partial charge in [0.2, 0.25) is 0 Å². The average Bonchev–Trinajstić information content (AvgIpc) is 2.68. The fourth-order valence-corrected chi connectivity index (χ4v) is 2.88. The fraction of sp³-hybridized carbons (Fsp3) is 0.588. The van der Waals surface area contributed by atoms with E-state index < -0.39 is 5.97 Å². The van der Waals surface area contributed by atoms with Gasteiger partial charge in [-0.2, -0.15) is 0 Å². The predicted octanol–water partition coefficient (Wildman–Crippen LogP) is 3.32. The van der Waals surface area contributed by atoms with Crippen molar-refractivity contribution in [1.82, 2.24) is 5.32 Å². The SMILES string of the molecule is CC1CCCC(NCCOc2ccccc2C(=O)O)CC1. The first-order valence-corrected chi connectivity index (χ1v) is 7.85. The lowest BCUT2D eigenvalue weighted by Crippen LogP contribution is -2.32. The van der Waals surface area contributed by atoms with Crippen LogP contribution in [0, 0.1) is 5.92 Å². The Bertz CT molecular complexity index is 461. The third-order valence-corrected chi connectivity index (χ3v) is 4.17. The molecule has 1 fully saturated rings. The van der Waals surface area contributed by atoms with Crippen LogP contribution in [-0.2, 0) is 0 Å². The average molecular weight is 291 g/mol. The Hall–Kier alpha value is -1.55. The first kappa shape index (κ1) is 15.8. The molecule has 0 aliphatic heterocycles. The first-order chi connectivity index (χ1) is 10.2. The Morgan fingerprint density at radius 3 is 2.90 bits per heavy atom. The van der Waals surface area contributed by atoms with Crippen molar-refractivity contribution in [2.24, 2.45) is 5.92 Å². The number of para-hydroxylation sites is 1. The second-order valence-corrected chi connectivity index (χ2v) is 5.91. The van der Waals surface area contributed by atoms with E-state index >= 15 is 0 Å². The topological polar surface area (TPSA) is 58.6 Å². The number of ether oxygens (including phenoxy) is 1. The molecule has 2 N–H and O–H groups in total. The van der Waals surface area contributed by atoms with Gasteiger partial charge in [0.1, 0.15) is 17.9 Å². The molecule has 1 aromatic carbocycles. The lowest BCUT2D eigenvalue weighted by Gasteiger charge is -2.17. The van der Waals surface area contributed by atoms with Crippen LogP contribution >= 0.6 is 0 Å². The number of hydrogen-bond acceptors (Lipinski definition) is 3. The van der Waals surface area contributed by atoms with E-state index in [1.807, 2.05) is 0 Å². The van der Waals surface area contributed by atoms with Crippen molar-refractivity contribution in [2.45, 2.75) is 45.1 Å². The largest absolute Gasteiger partial charge is 0.491 e. The zero-order valence-electron chi connectivity index (χ0n) is 12.7. The molecule has 0 amide bonds. The van der Waals surface area contributed by atoms with Gasteiger partial charge in [-0.25, -0.2) is 4.79 Å². The molecule has 0 heterocycles. The zero-order valence-corrected chi connectivity index (χ0v) is 12.7. The third kappa shape index (κ3) is 5.05. The monoisotopic (exact) mass is 291 g/mol. The minimum Gasteiger partial charge on any atom is -0.491 e. The first-order valence-electron chi connectivity index (χ1n) is 7.85. The Morgan fingerprint density at radius 1 is 1.29 bits per heavy atom. The molecule has 1 saturated carbocycles. The second-order valence-electron chi connectivity index (χ2n) is 5.91. The number of benzene rings is 1. The number of rotatable bonds is 6. The summed E-state index contributed by atoms with van der Waals surface area (Å²) in [6.07, 6.45) is 6.38. The molecule has 1 aromatic rings. The molecule has 0 spiro atoms. The van der Waals surface area contributed by atoms with Crippen molar-refractivity contribution in [3.8, 4) is 5.75 Å². The number of carboxylic acids is 1. The zero-order chi connectivity index (χ0) is 15.1. The summed E-state index contributed by atoms with van der Waals surface area (Å²) in [5.74, 6) is 0.341. The normalized spacial score (nSPS) is 22.5. The van der Waals surface area contributed by atoms with Crippen molar-refractivity contribution in [2.75, 3.05) is 13.2 Å². The third-order valence-electron chi connectivity index (χ3n) is 4.17. The number of carbonyl (C=O) groups is 1. The summed E-state index contributed by atoms with van der Waals surface area (Å²) >= 11 is 0. The minimum atomic E-state index is -0.948. The van der Waals surface area contributed by atoms with Gasteiger partial charge in [-0.05, 0) is 37.3 Å². The smallest absolute Gasteiger partial charge is 0.339 e. The fourth-order valence-electron chi connectivity index (χ4n) is 2.88. The molecule has 1 aliphatic carbocycles. The van der Waals surface area contributed by atoms with Gasteiger partial charge in [0.05, 0.1) is 0 Å². The van der Waals surface area contributed by atoms with Crippen LogP contribution in [0.15, 0.2) is 24.3 Å². The van der Waals surface area contributed by atoms with Gasteiger partial charge in [-0.15, -0.1) is 0 Å². The lowest BCUT2D eigenvalue weighted by atomic mass is 10.0. The van der Waals surface area contributed by atoms with Gasteiger partial charge in [-0.3, -0.25) is 0 Å². The molecule has 2 unspecified atom stereocenters. The van der Waals surface area contributed by atoms with Crippen LogP contribution in [0.4, 0.5) is 0 Å². The quantitative estimate of drug-likeness (QED) is 0.623. The summed E-state index contributed by atoms with van der Waals surface area (Å²) in [5.41, 5.74) is 0.223. The van der Waals surface area contributed by atoms with Crippen molar-refractivity contribution < 1.29 is 14.6 Å². The van der Waals surface area contributed by atoms with E-state index in [2.05, 4.69) is 12.2 Å². The molecule has 2 rings (SSSR count). The highest BCUT2D eigenvalue weighted by atomic mass is 16.5. The van der Waals surface area contributed by atoms with E-state index in [0.717, 1.165) is 12.5 Å². The molecule has 1 aliphatic rings. The van der Waals surface area contributed by atoms with Crippen LogP contribution in [0.25, 0.3) is 0 Å². The minimum absolute atomic E-state index is 0.223. The van der Waals surface area contributed by atoms with E-state index in [0.29, 0.717) is 18.4 Å². The van der Waals surface area contributed by atoms with E-state index in [1.165, 1.54) is 32.1 Å². The molecule has 116 valence electrons. The van der Waals surface area contributed by atoms with E-state index in [1.54, 1.807) is 24.3 Å². The number of carboxylic acid groups (broad SMARTS) is 1. The molecule has 0 aromatic heterocycles. The Kier molecular flexibility index (Phi) is 6.05. The van der Waals surface area contributed by atoms with Crippen molar-refractivity contribution in [3.63, 3.8) is 0 Å². The second kappa shape index (κ2) is 8.03. The Balaban J connectivity index is 1.73. The highest BCUT2D eigenvalue weighted by Crippen LogP contribution is 2.22. The predicted molar refractivity (Wildman–Crippen MR) is 82.9 cm³/mol. The van der Waals surface area contributed by atoms with Crippen LogP contribution in [0.5, 0.6) is 5.75 Å². The molecule has 4 heteroatoms. The van der Waals surface area contributed by atoms with Crippen LogP contribution in [-0.4, -0.2) is 30.3 Å². The van der Waals surface area contributed by atoms with Gasteiger partial charge < -0.3 is 15.2 Å². The van der Waals surface area contributed by atoms with Crippen molar-refractivity contribution in [3.05, 3.63) is 29.8 Å². The molecule has 4 nitrogen and oxygen atoms in total. The van der Waals surface area contributed by atoms with Gasteiger partial charge in [0.25, 0.3) is 0 Å². The Morgan fingerprint density at radius 2 is 2.10 bits per heavy atom. The van der Waals surface area contributed by atoms with Crippen molar-refractivity contribution >= 4 is 5.97 Å². The summed E-state index contributed by atoms with van der Waals surface area (Å²) in [5, 5.41) is 12.6. The van der Waals surface area contributed by atoms with Crippen molar-refractivity contribution in [1.29, 1.82) is 0 Å². The molecular weight excluding hydrogens is 266 g/mol. The van der Waals surface area contributed by atoms with Crippen LogP contribution < -0.4 is 10.1 Å². The molecular formula is C17H25NO3. The highest BCUT2D eigenvalue weighted by Gasteiger charge is 2.15. The Labute approximate surface area is 126 Å². The summed E-state index contributed by atoms with van der Waals surface area (Å²) in [6.45, 7) is 3.58. The lowest BCUT2D eigenvalue weighted by molar-refractivity contribution is 0.0692. The van der Waals surface area contributed by atoms with E-state index in [9.17, 15) is 4.79 Å². The molecule has 0 radical (unpaired) electrons. The van der Waals surface area contributed by atoms with E-state index in [4.69, 9.17) is 9.84 Å². The molecule has 2 atom stereocenters. The van der Waals surface area contributed by atoms with Gasteiger partial charge >= 0.3 is 5.97 Å². The molecule has 0 saturated heterocycles. The highest BCUT2D eigenvalue weighted by molar-refractivity contribution is 5.90. The van der Waals surface area contributed by atoms with Gasteiger partial charge in [-0.1, -0.05) is 31.9 Å². The van der Waals surface area contributed by atoms with Crippen LogP contribution in [0.1, 0.15) is 49.4 Å². The summed E-state index contributed by atoms with van der Waals surface area (Å²) in [6, 6.07) is 7.35. The summed E-state index contributed by atoms with van der Waals surface area (Å²) in [7, 11) is 0. The summed E-state index contributed by atoms with van der Waals surface area (Å²) in [4.78, 5) is 11.1. The molecule has 21 heavy (non-hydrogen) atoms. The van der Waals surface area contributed by atoms with Gasteiger partial charge in [0.15, 0.2) is 0 Å². The number of nitrogens with one attached hydrogen (secondary N) is 1. The van der Waals surface area contributed by atoms with E-state index in [-0.39, 0.29) is 5.56 Å². The summed E-state index contributed by atoms with van der Waals surface area (Å²) < 4.78 is 5.60. The maximum absolute atomic E-state index is 11.1.